The molecule has 0 fully saturated rings. The molecule has 0 aliphatic heterocycles. The number of hydrogen-bond acceptors (Lipinski definition) is 5. The zero-order valence-electron chi connectivity index (χ0n) is 17.2. The predicted molar refractivity (Wildman–Crippen MR) is 133 cm³/mol. The fourth-order valence-corrected chi connectivity index (χ4v) is 6.31. The number of benzene rings is 3. The van der Waals surface area contributed by atoms with Crippen LogP contribution >= 0.6 is 22.7 Å². The maximum atomic E-state index is 4.73. The van der Waals surface area contributed by atoms with Crippen LogP contribution in [0.15, 0.2) is 71.8 Å². The monoisotopic (exact) mass is 437 g/mol. The molecule has 6 rings (SSSR count). The molecular weight excluding hydrogens is 418 g/mol. The van der Waals surface area contributed by atoms with Crippen molar-refractivity contribution in [3.63, 3.8) is 0 Å². The van der Waals surface area contributed by atoms with E-state index >= 15 is 0 Å². The maximum Gasteiger partial charge on any atom is 0.116 e. The van der Waals surface area contributed by atoms with E-state index in [0.29, 0.717) is 5.92 Å². The minimum Gasteiger partial charge on any atom is -0.245 e. The van der Waals surface area contributed by atoms with Crippen molar-refractivity contribution in [2.24, 2.45) is 0 Å². The first kappa shape index (κ1) is 18.6. The third kappa shape index (κ3) is 2.96. The summed E-state index contributed by atoms with van der Waals surface area (Å²) < 4.78 is 2.67. The van der Waals surface area contributed by atoms with E-state index in [-0.39, 0.29) is 0 Å². The molecule has 0 aliphatic rings. The summed E-state index contributed by atoms with van der Waals surface area (Å²) >= 11 is 3.48. The van der Waals surface area contributed by atoms with Gasteiger partial charge in [-0.2, -0.15) is 0 Å². The molecule has 5 heteroatoms. The number of thiazole rings is 1. The topological polar surface area (TPSA) is 38.7 Å². The summed E-state index contributed by atoms with van der Waals surface area (Å²) in [5, 5.41) is 5.76. The molecule has 0 aliphatic carbocycles. The Morgan fingerprint density at radius 3 is 2.45 bits per heavy atom. The molecule has 0 amide bonds. The molecule has 3 aromatic heterocycles. The molecule has 0 bridgehead atoms. The van der Waals surface area contributed by atoms with E-state index in [2.05, 4.69) is 83.8 Å². The number of fused-ring (bicyclic) bond motifs is 4. The van der Waals surface area contributed by atoms with Gasteiger partial charge in [-0.3, -0.25) is 0 Å². The molecule has 0 N–H and O–H groups in total. The Balaban J connectivity index is 1.61. The molecular formula is C26H19N3S2. The average molecular weight is 438 g/mol. The van der Waals surface area contributed by atoms with E-state index < -0.39 is 0 Å². The van der Waals surface area contributed by atoms with Gasteiger partial charge in [-0.05, 0) is 23.6 Å². The van der Waals surface area contributed by atoms with Crippen LogP contribution in [0.1, 0.15) is 25.3 Å². The van der Waals surface area contributed by atoms with Crippen LogP contribution in [0.2, 0.25) is 0 Å². The van der Waals surface area contributed by atoms with Crippen molar-refractivity contribution >= 4 is 53.7 Å². The van der Waals surface area contributed by atoms with Crippen molar-refractivity contribution in [1.82, 2.24) is 15.0 Å². The van der Waals surface area contributed by atoms with Crippen LogP contribution in [0.5, 0.6) is 0 Å². The number of nitrogens with zero attached hydrogens (tertiary/aromatic N) is 3. The van der Waals surface area contributed by atoms with Crippen molar-refractivity contribution in [2.45, 2.75) is 19.8 Å². The number of aromatic nitrogens is 3. The number of thiophene rings is 1. The van der Waals surface area contributed by atoms with Gasteiger partial charge in [0.25, 0.3) is 0 Å². The fraction of sp³-hybridized carbons (Fsp3) is 0.115. The summed E-state index contributed by atoms with van der Waals surface area (Å²) in [6, 6.07) is 19.6. The highest BCUT2D eigenvalue weighted by molar-refractivity contribution is 7.26. The highest BCUT2D eigenvalue weighted by Gasteiger charge is 2.16. The van der Waals surface area contributed by atoms with E-state index in [1.54, 1.807) is 17.7 Å². The van der Waals surface area contributed by atoms with Crippen LogP contribution in [-0.4, -0.2) is 15.0 Å². The largest absolute Gasteiger partial charge is 0.245 e. The first-order valence-corrected chi connectivity index (χ1v) is 12.0. The smallest absolute Gasteiger partial charge is 0.116 e. The third-order valence-electron chi connectivity index (χ3n) is 5.80. The second-order valence-electron chi connectivity index (χ2n) is 7.99. The van der Waals surface area contributed by atoms with Crippen molar-refractivity contribution in [3.8, 4) is 22.5 Å². The first-order valence-electron chi connectivity index (χ1n) is 10.3. The SMILES string of the molecule is CC(C)c1cccc2c1sc1c(-c3ncnc4cc(-c5cscn5)ccc34)cccc12. The molecule has 31 heavy (non-hydrogen) atoms. The lowest BCUT2D eigenvalue weighted by Gasteiger charge is -2.08. The molecule has 150 valence electrons. The van der Waals surface area contributed by atoms with Gasteiger partial charge in [0.05, 0.1) is 22.4 Å². The lowest BCUT2D eigenvalue weighted by atomic mass is 9.99. The lowest BCUT2D eigenvalue weighted by Crippen LogP contribution is -1.90. The highest BCUT2D eigenvalue weighted by atomic mass is 32.1. The molecule has 0 saturated carbocycles. The zero-order valence-corrected chi connectivity index (χ0v) is 18.8. The Morgan fingerprint density at radius 2 is 1.65 bits per heavy atom. The van der Waals surface area contributed by atoms with Crippen molar-refractivity contribution in [1.29, 1.82) is 0 Å². The van der Waals surface area contributed by atoms with E-state index in [4.69, 9.17) is 4.98 Å². The van der Waals surface area contributed by atoms with Gasteiger partial charge in [0.15, 0.2) is 0 Å². The van der Waals surface area contributed by atoms with Crippen LogP contribution in [0, 0.1) is 0 Å². The minimum atomic E-state index is 0.490. The summed E-state index contributed by atoms with van der Waals surface area (Å²) in [5.41, 5.74) is 8.43. The normalized spacial score (nSPS) is 11.8. The van der Waals surface area contributed by atoms with Gasteiger partial charge in [0.1, 0.15) is 6.33 Å². The van der Waals surface area contributed by atoms with Gasteiger partial charge >= 0.3 is 0 Å². The van der Waals surface area contributed by atoms with Gasteiger partial charge in [-0.25, -0.2) is 15.0 Å². The summed E-state index contributed by atoms with van der Waals surface area (Å²) in [4.78, 5) is 13.7. The molecule has 0 spiro atoms. The zero-order chi connectivity index (χ0) is 20.9. The van der Waals surface area contributed by atoms with E-state index in [1.165, 1.54) is 31.3 Å². The van der Waals surface area contributed by atoms with Crippen molar-refractivity contribution < 1.29 is 0 Å². The molecule has 0 atom stereocenters. The first-order chi connectivity index (χ1) is 15.2. The predicted octanol–water partition coefficient (Wildman–Crippen LogP) is 7.91. The Hall–Kier alpha value is -3.15. The van der Waals surface area contributed by atoms with E-state index in [1.807, 2.05) is 16.8 Å². The standard InChI is InChI=1S/C26H19N3S2/c1-15(2)17-5-3-6-18-19-7-4-8-21(26(19)31-25(17)18)24-20-10-9-16(23-12-30-14-29-23)11-22(20)27-13-28-24/h3-15H,1-2H3. The maximum absolute atomic E-state index is 4.73. The second kappa shape index (κ2) is 7.22. The van der Waals surface area contributed by atoms with Crippen LogP contribution in [0.25, 0.3) is 53.6 Å². The fourth-order valence-electron chi connectivity index (χ4n) is 4.27. The van der Waals surface area contributed by atoms with Crippen LogP contribution < -0.4 is 0 Å². The van der Waals surface area contributed by atoms with Gasteiger partial charge in [-0.1, -0.05) is 56.3 Å². The van der Waals surface area contributed by atoms with Gasteiger partial charge in [-0.15, -0.1) is 22.7 Å². The molecule has 6 aromatic rings. The Kier molecular flexibility index (Phi) is 4.33. The summed E-state index contributed by atoms with van der Waals surface area (Å²) in [6.45, 7) is 4.52. The molecule has 0 saturated heterocycles. The number of rotatable bonds is 3. The van der Waals surface area contributed by atoms with Crippen LogP contribution in [0.4, 0.5) is 0 Å². The van der Waals surface area contributed by atoms with Crippen LogP contribution in [-0.2, 0) is 0 Å². The Morgan fingerprint density at radius 1 is 0.806 bits per heavy atom. The second-order valence-corrected chi connectivity index (χ2v) is 9.73. The third-order valence-corrected chi connectivity index (χ3v) is 7.69. The lowest BCUT2D eigenvalue weighted by molar-refractivity contribution is 0.878. The van der Waals surface area contributed by atoms with E-state index in [0.717, 1.165) is 27.9 Å². The Bertz CT molecular complexity index is 1560. The van der Waals surface area contributed by atoms with Crippen molar-refractivity contribution in [3.05, 3.63) is 77.4 Å². The summed E-state index contributed by atoms with van der Waals surface area (Å²) in [7, 11) is 0. The van der Waals surface area contributed by atoms with Gasteiger partial charge < -0.3 is 0 Å². The quantitative estimate of drug-likeness (QED) is 0.282. The highest BCUT2D eigenvalue weighted by Crippen LogP contribution is 2.43. The minimum absolute atomic E-state index is 0.490. The van der Waals surface area contributed by atoms with Gasteiger partial charge in [0, 0.05) is 42.1 Å². The molecule has 0 unspecified atom stereocenters. The Labute approximate surface area is 188 Å². The summed E-state index contributed by atoms with van der Waals surface area (Å²) in [6.07, 6.45) is 1.67. The summed E-state index contributed by atoms with van der Waals surface area (Å²) in [5.74, 6) is 0.490. The van der Waals surface area contributed by atoms with Crippen molar-refractivity contribution in [2.75, 3.05) is 0 Å². The molecule has 3 heterocycles. The number of hydrogen-bond donors (Lipinski definition) is 0. The molecule has 3 aromatic carbocycles. The molecule has 0 radical (unpaired) electrons. The van der Waals surface area contributed by atoms with E-state index in [9.17, 15) is 0 Å². The van der Waals surface area contributed by atoms with Gasteiger partial charge in [0.2, 0.25) is 0 Å². The molecule has 3 nitrogen and oxygen atoms in total. The average Bonchev–Trinajstić information content (AvgIpc) is 3.46. The van der Waals surface area contributed by atoms with Crippen LogP contribution in [0.3, 0.4) is 0 Å².